The first-order valence-corrected chi connectivity index (χ1v) is 17.0. The number of carboxylic acids is 1. The van der Waals surface area contributed by atoms with E-state index in [0.717, 1.165) is 43.1 Å². The van der Waals surface area contributed by atoms with Crippen LogP contribution in [0.25, 0.3) is 11.1 Å². The Morgan fingerprint density at radius 2 is 1.64 bits per heavy atom. The van der Waals surface area contributed by atoms with Gasteiger partial charge in [-0.2, -0.15) is 13.2 Å². The Morgan fingerprint density at radius 1 is 0.980 bits per heavy atom. The topological polar surface area (TPSA) is 91.6 Å². The van der Waals surface area contributed by atoms with Crippen molar-refractivity contribution in [3.63, 3.8) is 0 Å². The van der Waals surface area contributed by atoms with Crippen LogP contribution in [0, 0.1) is 43.7 Å². The van der Waals surface area contributed by atoms with E-state index < -0.39 is 59.3 Å². The maximum Gasteiger partial charge on any atom is 0.416 e. The third-order valence-corrected chi connectivity index (χ3v) is 10.1. The van der Waals surface area contributed by atoms with E-state index in [0.29, 0.717) is 34.9 Å². The zero-order chi connectivity index (χ0) is 36.7. The molecule has 270 valence electrons. The lowest BCUT2D eigenvalue weighted by Gasteiger charge is -2.27. The molecule has 1 saturated carbocycles. The minimum absolute atomic E-state index is 0.0162. The number of halogens is 5. The number of amides is 1. The minimum Gasteiger partial charge on any atom is -0.481 e. The number of likely N-dealkylation sites (tertiary alicyclic amines) is 1. The molecule has 1 aliphatic carbocycles. The number of aliphatic carboxylic acids is 1. The molecule has 1 amide bonds. The van der Waals surface area contributed by atoms with E-state index in [9.17, 15) is 37.1 Å². The summed E-state index contributed by atoms with van der Waals surface area (Å²) in [5.74, 6) is -3.56. The molecule has 1 aromatic heterocycles. The number of rotatable bonds is 12. The van der Waals surface area contributed by atoms with Crippen molar-refractivity contribution in [2.75, 3.05) is 19.6 Å². The predicted molar refractivity (Wildman–Crippen MR) is 180 cm³/mol. The number of carbonyl (C=O) groups is 2. The van der Waals surface area contributed by atoms with Crippen molar-refractivity contribution in [2.45, 2.75) is 91.4 Å². The van der Waals surface area contributed by atoms with Gasteiger partial charge < -0.3 is 19.9 Å². The second-order valence-corrected chi connectivity index (χ2v) is 14.6. The fourth-order valence-corrected chi connectivity index (χ4v) is 7.42. The third kappa shape index (κ3) is 8.28. The number of hydrogen-bond donors (Lipinski definition) is 2. The van der Waals surface area contributed by atoms with Crippen molar-refractivity contribution < 1.29 is 36.6 Å². The predicted octanol–water partition coefficient (Wildman–Crippen LogP) is 7.69. The van der Waals surface area contributed by atoms with E-state index in [1.165, 1.54) is 25.1 Å². The number of pyridine rings is 1. The fraction of sp³-hybridized carbons (Fsp3) is 0.500. The quantitative estimate of drug-likeness (QED) is 0.189. The van der Waals surface area contributed by atoms with Gasteiger partial charge in [-0.1, -0.05) is 13.8 Å². The lowest BCUT2D eigenvalue weighted by atomic mass is 9.90. The van der Waals surface area contributed by atoms with Crippen LogP contribution >= 0.6 is 0 Å². The molecule has 0 bridgehead atoms. The standard InChI is InChI=1S/C38H44F5N3O4/c1-21(2)12-31(46-19-25(29(17-32(46)47)38(41,42)43)6-10-45-11-9-37(20-45)7-8-37)36(50)44-30(18-33(48)49)28-16-26(13-24(5)35(28)40)34-22(3)14-27(39)15-23(34)4/h13-17,19,21,30-31H,6-12,18,20H2,1-5H3,(H,44,50)(H,48,49)/t30-,31+/m1/s1. The van der Waals surface area contributed by atoms with Gasteiger partial charge in [0.1, 0.15) is 17.7 Å². The van der Waals surface area contributed by atoms with E-state index in [1.807, 2.05) is 0 Å². The number of alkyl halides is 3. The van der Waals surface area contributed by atoms with Crippen LogP contribution in [-0.2, 0) is 22.2 Å². The molecule has 1 saturated heterocycles. The number of aromatic nitrogens is 1. The lowest BCUT2D eigenvalue weighted by molar-refractivity contribution is -0.139. The highest BCUT2D eigenvalue weighted by Gasteiger charge is 2.47. The summed E-state index contributed by atoms with van der Waals surface area (Å²) in [6, 6.07) is 3.46. The Morgan fingerprint density at radius 3 is 2.20 bits per heavy atom. The summed E-state index contributed by atoms with van der Waals surface area (Å²) in [5.41, 5.74) is 0.400. The van der Waals surface area contributed by atoms with Crippen LogP contribution < -0.4 is 10.9 Å². The molecule has 50 heavy (non-hydrogen) atoms. The van der Waals surface area contributed by atoms with Crippen LogP contribution in [0.5, 0.6) is 0 Å². The highest BCUT2D eigenvalue weighted by Crippen LogP contribution is 2.52. The van der Waals surface area contributed by atoms with Gasteiger partial charge >= 0.3 is 12.1 Å². The van der Waals surface area contributed by atoms with Crippen LogP contribution in [0.1, 0.15) is 91.4 Å². The van der Waals surface area contributed by atoms with Gasteiger partial charge in [0, 0.05) is 30.9 Å². The van der Waals surface area contributed by atoms with Crippen LogP contribution in [0.4, 0.5) is 22.0 Å². The fourth-order valence-electron chi connectivity index (χ4n) is 7.42. The van der Waals surface area contributed by atoms with Gasteiger partial charge in [0.15, 0.2) is 0 Å². The van der Waals surface area contributed by atoms with Crippen molar-refractivity contribution in [1.29, 1.82) is 0 Å². The van der Waals surface area contributed by atoms with E-state index in [-0.39, 0.29) is 40.9 Å². The van der Waals surface area contributed by atoms with Gasteiger partial charge in [-0.3, -0.25) is 14.4 Å². The summed E-state index contributed by atoms with van der Waals surface area (Å²) in [7, 11) is 0. The molecule has 3 aromatic rings. The van der Waals surface area contributed by atoms with E-state index >= 15 is 4.39 Å². The summed E-state index contributed by atoms with van der Waals surface area (Å²) in [6.45, 7) is 10.4. The number of aryl methyl sites for hydroxylation is 3. The minimum atomic E-state index is -4.79. The molecule has 1 spiro atoms. The van der Waals surface area contributed by atoms with Crippen LogP contribution in [-0.4, -0.2) is 46.1 Å². The van der Waals surface area contributed by atoms with Crippen molar-refractivity contribution in [3.8, 4) is 11.1 Å². The maximum absolute atomic E-state index is 15.8. The monoisotopic (exact) mass is 701 g/mol. The zero-order valence-corrected chi connectivity index (χ0v) is 29.0. The number of carbonyl (C=O) groups excluding carboxylic acids is 1. The largest absolute Gasteiger partial charge is 0.481 e. The number of nitrogens with one attached hydrogen (secondary N) is 1. The lowest BCUT2D eigenvalue weighted by Crippen LogP contribution is -2.41. The average molecular weight is 702 g/mol. The SMILES string of the molecule is Cc1cc(-c2c(C)cc(F)cc2C)cc([C@@H](CC(=O)O)NC(=O)[C@H](CC(C)C)n2cc(CCN3CCC4(CC4)C3)c(C(F)(F)F)cc2=O)c1F. The molecule has 2 aliphatic rings. The molecule has 2 heterocycles. The number of carboxylic acid groups (broad SMARTS) is 1. The van der Waals surface area contributed by atoms with E-state index in [2.05, 4.69) is 10.2 Å². The number of nitrogens with zero attached hydrogens (tertiary/aromatic N) is 2. The summed E-state index contributed by atoms with van der Waals surface area (Å²) < 4.78 is 73.5. The molecular formula is C38H44F5N3O4. The normalized spacial score (nSPS) is 16.9. The molecule has 0 radical (unpaired) electrons. The Hall–Kier alpha value is -4.06. The molecule has 5 rings (SSSR count). The molecule has 2 fully saturated rings. The summed E-state index contributed by atoms with van der Waals surface area (Å²) in [4.78, 5) is 41.6. The van der Waals surface area contributed by atoms with Crippen LogP contribution in [0.15, 0.2) is 41.3 Å². The van der Waals surface area contributed by atoms with Crippen molar-refractivity contribution >= 4 is 11.9 Å². The van der Waals surface area contributed by atoms with Gasteiger partial charge in [0.05, 0.1) is 18.0 Å². The van der Waals surface area contributed by atoms with E-state index in [4.69, 9.17) is 0 Å². The zero-order valence-electron chi connectivity index (χ0n) is 29.0. The summed E-state index contributed by atoms with van der Waals surface area (Å²) in [5, 5.41) is 12.4. The second kappa shape index (κ2) is 14.3. The Kier molecular flexibility index (Phi) is 10.6. The first-order valence-electron chi connectivity index (χ1n) is 17.0. The maximum atomic E-state index is 15.8. The molecule has 2 aromatic carbocycles. The molecule has 2 N–H and O–H groups in total. The summed E-state index contributed by atoms with van der Waals surface area (Å²) in [6.07, 6.45) is -1.08. The first-order chi connectivity index (χ1) is 23.4. The van der Waals surface area contributed by atoms with Gasteiger partial charge in [-0.25, -0.2) is 8.78 Å². The van der Waals surface area contributed by atoms with Gasteiger partial charge in [0.25, 0.3) is 5.56 Å². The Bertz CT molecular complexity index is 1820. The Labute approximate surface area is 288 Å². The highest BCUT2D eigenvalue weighted by atomic mass is 19.4. The Balaban J connectivity index is 1.51. The number of hydrogen-bond acceptors (Lipinski definition) is 4. The molecule has 7 nitrogen and oxygen atoms in total. The average Bonchev–Trinajstić information content (AvgIpc) is 3.64. The molecular weight excluding hydrogens is 657 g/mol. The van der Waals surface area contributed by atoms with Crippen molar-refractivity contribution in [1.82, 2.24) is 14.8 Å². The first kappa shape index (κ1) is 37.2. The van der Waals surface area contributed by atoms with E-state index in [1.54, 1.807) is 33.8 Å². The number of benzene rings is 2. The van der Waals surface area contributed by atoms with Crippen LogP contribution in [0.2, 0.25) is 0 Å². The van der Waals surface area contributed by atoms with Gasteiger partial charge in [0.2, 0.25) is 5.91 Å². The summed E-state index contributed by atoms with van der Waals surface area (Å²) >= 11 is 0. The molecule has 12 heteroatoms. The molecule has 0 unspecified atom stereocenters. The van der Waals surface area contributed by atoms with Crippen molar-refractivity contribution in [2.24, 2.45) is 11.3 Å². The van der Waals surface area contributed by atoms with Crippen LogP contribution in [0.3, 0.4) is 0 Å². The second-order valence-electron chi connectivity index (χ2n) is 14.6. The van der Waals surface area contributed by atoms with Crippen molar-refractivity contribution in [3.05, 3.63) is 91.9 Å². The third-order valence-electron chi connectivity index (χ3n) is 10.1. The molecule has 1 aliphatic heterocycles. The smallest absolute Gasteiger partial charge is 0.416 e. The highest BCUT2D eigenvalue weighted by molar-refractivity contribution is 5.82. The van der Waals surface area contributed by atoms with Gasteiger partial charge in [-0.15, -0.1) is 0 Å². The molecule has 2 atom stereocenters. The van der Waals surface area contributed by atoms with Gasteiger partial charge in [-0.05, 0) is 128 Å².